The van der Waals surface area contributed by atoms with Crippen LogP contribution < -0.4 is 11.1 Å². The van der Waals surface area contributed by atoms with Gasteiger partial charge in [-0.1, -0.05) is 0 Å². The minimum Gasteiger partial charge on any atom is -0.370 e. The van der Waals surface area contributed by atoms with Crippen LogP contribution in [0.5, 0.6) is 0 Å². The zero-order chi connectivity index (χ0) is 8.70. The van der Waals surface area contributed by atoms with Gasteiger partial charge in [0.1, 0.15) is 5.54 Å². The molecule has 0 aromatic heterocycles. The van der Waals surface area contributed by atoms with Crippen LogP contribution in [0.3, 0.4) is 0 Å². The maximum Gasteiger partial charge on any atom is 0.271 e. The van der Waals surface area contributed by atoms with E-state index in [-0.39, 0.29) is 12.5 Å². The second kappa shape index (κ2) is 2.06. The SMILES string of the molecule is CC(F)(F)[C@]1(C)CNC(N)=N1. The van der Waals surface area contributed by atoms with Crippen molar-refractivity contribution in [2.24, 2.45) is 10.7 Å². The van der Waals surface area contributed by atoms with Crippen molar-refractivity contribution in [1.82, 2.24) is 5.32 Å². The highest BCUT2D eigenvalue weighted by molar-refractivity contribution is 5.80. The Bertz CT molecular complexity index is 196. The average molecular weight is 163 g/mol. The van der Waals surface area contributed by atoms with Crippen LogP contribution in [0.15, 0.2) is 4.99 Å². The third kappa shape index (κ3) is 1.27. The summed E-state index contributed by atoms with van der Waals surface area (Å²) in [6, 6.07) is 0. The molecule has 1 heterocycles. The largest absolute Gasteiger partial charge is 0.370 e. The lowest BCUT2D eigenvalue weighted by atomic mass is 9.97. The predicted molar refractivity (Wildman–Crippen MR) is 38.7 cm³/mol. The van der Waals surface area contributed by atoms with E-state index in [2.05, 4.69) is 10.3 Å². The summed E-state index contributed by atoms with van der Waals surface area (Å²) in [5.74, 6) is -2.74. The highest BCUT2D eigenvalue weighted by Crippen LogP contribution is 2.32. The summed E-state index contributed by atoms with van der Waals surface area (Å²) in [5, 5.41) is 2.56. The molecule has 64 valence electrons. The molecule has 0 radical (unpaired) electrons. The zero-order valence-corrected chi connectivity index (χ0v) is 6.49. The molecule has 3 nitrogen and oxygen atoms in total. The fraction of sp³-hybridized carbons (Fsp3) is 0.833. The number of guanidine groups is 1. The number of halogens is 2. The van der Waals surface area contributed by atoms with Gasteiger partial charge in [-0.25, -0.2) is 13.8 Å². The summed E-state index contributed by atoms with van der Waals surface area (Å²) >= 11 is 0. The number of rotatable bonds is 1. The molecule has 0 bridgehead atoms. The summed E-state index contributed by atoms with van der Waals surface area (Å²) in [6.45, 7) is 2.32. The molecule has 0 aliphatic carbocycles. The van der Waals surface area contributed by atoms with Crippen LogP contribution in [0.2, 0.25) is 0 Å². The summed E-state index contributed by atoms with van der Waals surface area (Å²) in [6.07, 6.45) is 0. The quantitative estimate of drug-likeness (QED) is 0.584. The lowest BCUT2D eigenvalue weighted by molar-refractivity contribution is -0.0424. The highest BCUT2D eigenvalue weighted by atomic mass is 19.3. The van der Waals surface area contributed by atoms with Gasteiger partial charge in [0.25, 0.3) is 5.92 Å². The first-order valence-corrected chi connectivity index (χ1v) is 3.32. The third-order valence-electron chi connectivity index (χ3n) is 1.93. The van der Waals surface area contributed by atoms with Gasteiger partial charge >= 0.3 is 0 Å². The van der Waals surface area contributed by atoms with Gasteiger partial charge in [-0.15, -0.1) is 0 Å². The van der Waals surface area contributed by atoms with Crippen molar-refractivity contribution >= 4 is 5.96 Å². The third-order valence-corrected chi connectivity index (χ3v) is 1.93. The summed E-state index contributed by atoms with van der Waals surface area (Å²) < 4.78 is 25.6. The topological polar surface area (TPSA) is 50.4 Å². The Labute approximate surface area is 63.7 Å². The normalized spacial score (nSPS) is 31.5. The molecule has 3 N–H and O–H groups in total. The first kappa shape index (κ1) is 8.23. The van der Waals surface area contributed by atoms with Gasteiger partial charge in [0.2, 0.25) is 0 Å². The van der Waals surface area contributed by atoms with E-state index in [0.717, 1.165) is 6.92 Å². The van der Waals surface area contributed by atoms with Crippen LogP contribution in [-0.2, 0) is 0 Å². The van der Waals surface area contributed by atoms with E-state index in [1.165, 1.54) is 6.92 Å². The average Bonchev–Trinajstić information content (AvgIpc) is 2.10. The van der Waals surface area contributed by atoms with Gasteiger partial charge in [0, 0.05) is 13.5 Å². The Morgan fingerprint density at radius 1 is 1.73 bits per heavy atom. The molecule has 1 aliphatic rings. The number of nitrogens with two attached hydrogens (primary N) is 1. The Hall–Kier alpha value is -0.870. The van der Waals surface area contributed by atoms with E-state index in [1.807, 2.05) is 0 Å². The van der Waals surface area contributed by atoms with Gasteiger partial charge in [-0.3, -0.25) is 0 Å². The number of nitrogens with one attached hydrogen (secondary N) is 1. The molecule has 0 fully saturated rings. The molecular formula is C6H11F2N3. The van der Waals surface area contributed by atoms with Crippen LogP contribution in [-0.4, -0.2) is 24.0 Å². The minimum atomic E-state index is -2.83. The van der Waals surface area contributed by atoms with Crippen molar-refractivity contribution < 1.29 is 8.78 Å². The molecule has 1 rings (SSSR count). The molecule has 0 saturated carbocycles. The molecule has 1 aliphatic heterocycles. The summed E-state index contributed by atoms with van der Waals surface area (Å²) in [5.41, 5.74) is 3.83. The Kier molecular flexibility index (Phi) is 1.54. The van der Waals surface area contributed by atoms with Crippen molar-refractivity contribution in [2.75, 3.05) is 6.54 Å². The minimum absolute atomic E-state index is 0.0917. The second-order valence-electron chi connectivity index (χ2n) is 3.01. The number of hydrogen-bond acceptors (Lipinski definition) is 3. The van der Waals surface area contributed by atoms with Crippen LogP contribution in [0.1, 0.15) is 13.8 Å². The first-order valence-electron chi connectivity index (χ1n) is 3.32. The van der Waals surface area contributed by atoms with Gasteiger partial charge in [-0.05, 0) is 6.92 Å². The number of nitrogens with zero attached hydrogens (tertiary/aromatic N) is 1. The van der Waals surface area contributed by atoms with Crippen LogP contribution >= 0.6 is 0 Å². The predicted octanol–water partition coefficient (Wildman–Crippen LogP) is 0.318. The van der Waals surface area contributed by atoms with E-state index < -0.39 is 11.5 Å². The summed E-state index contributed by atoms with van der Waals surface area (Å²) in [4.78, 5) is 3.62. The number of hydrogen-bond donors (Lipinski definition) is 2. The highest BCUT2D eigenvalue weighted by Gasteiger charge is 2.48. The van der Waals surface area contributed by atoms with Gasteiger partial charge in [-0.2, -0.15) is 0 Å². The molecule has 0 amide bonds. The lowest BCUT2D eigenvalue weighted by Crippen LogP contribution is -2.45. The Balaban J connectivity index is 2.86. The number of alkyl halides is 2. The Morgan fingerprint density at radius 2 is 2.27 bits per heavy atom. The van der Waals surface area contributed by atoms with E-state index in [1.54, 1.807) is 0 Å². The molecule has 1 atom stereocenters. The summed E-state index contributed by atoms with van der Waals surface area (Å²) in [7, 11) is 0. The van der Waals surface area contributed by atoms with Crippen LogP contribution in [0, 0.1) is 0 Å². The standard InChI is InChI=1S/C6H11F2N3/c1-5(6(2,7)8)3-10-4(9)11-5/h3H2,1-2H3,(H3,9,10,11)/t5-/m0/s1. The molecule has 0 spiro atoms. The molecule has 5 heteroatoms. The molecular weight excluding hydrogens is 152 g/mol. The number of aliphatic imine (C=N–C) groups is 1. The zero-order valence-electron chi connectivity index (χ0n) is 6.49. The fourth-order valence-electron chi connectivity index (χ4n) is 0.861. The van der Waals surface area contributed by atoms with Gasteiger partial charge in [0.05, 0.1) is 0 Å². The van der Waals surface area contributed by atoms with E-state index in [0.29, 0.717) is 0 Å². The second-order valence-corrected chi connectivity index (χ2v) is 3.01. The molecule has 0 aromatic rings. The van der Waals surface area contributed by atoms with Crippen molar-refractivity contribution in [1.29, 1.82) is 0 Å². The molecule has 0 unspecified atom stereocenters. The van der Waals surface area contributed by atoms with Gasteiger partial charge in [0.15, 0.2) is 5.96 Å². The maximum absolute atomic E-state index is 12.8. The van der Waals surface area contributed by atoms with Crippen molar-refractivity contribution in [3.05, 3.63) is 0 Å². The van der Waals surface area contributed by atoms with Crippen LogP contribution in [0.25, 0.3) is 0 Å². The Morgan fingerprint density at radius 3 is 2.45 bits per heavy atom. The molecule has 11 heavy (non-hydrogen) atoms. The monoisotopic (exact) mass is 163 g/mol. The van der Waals surface area contributed by atoms with E-state index >= 15 is 0 Å². The van der Waals surface area contributed by atoms with Crippen molar-refractivity contribution in [3.8, 4) is 0 Å². The molecule has 0 aromatic carbocycles. The lowest BCUT2D eigenvalue weighted by Gasteiger charge is -2.26. The fourth-order valence-corrected chi connectivity index (χ4v) is 0.861. The first-order chi connectivity index (χ1) is 4.85. The van der Waals surface area contributed by atoms with Crippen LogP contribution in [0.4, 0.5) is 8.78 Å². The maximum atomic E-state index is 12.8. The smallest absolute Gasteiger partial charge is 0.271 e. The van der Waals surface area contributed by atoms with Crippen molar-refractivity contribution in [2.45, 2.75) is 25.3 Å². The van der Waals surface area contributed by atoms with Gasteiger partial charge < -0.3 is 11.1 Å². The van der Waals surface area contributed by atoms with E-state index in [4.69, 9.17) is 5.73 Å². The van der Waals surface area contributed by atoms with E-state index in [9.17, 15) is 8.78 Å². The van der Waals surface area contributed by atoms with Crippen molar-refractivity contribution in [3.63, 3.8) is 0 Å². The molecule has 0 saturated heterocycles.